The van der Waals surface area contributed by atoms with Crippen LogP contribution in [0.2, 0.25) is 0 Å². The number of fused-ring (bicyclic) bond motifs is 5. The Labute approximate surface area is 274 Å². The van der Waals surface area contributed by atoms with E-state index in [4.69, 9.17) is 5.73 Å². The Balaban J connectivity index is 1.28. The van der Waals surface area contributed by atoms with Crippen molar-refractivity contribution in [3.63, 3.8) is 0 Å². The predicted octanol–water partition coefficient (Wildman–Crippen LogP) is 11.2. The summed E-state index contributed by atoms with van der Waals surface area (Å²) in [5, 5.41) is 4.90. The van der Waals surface area contributed by atoms with Gasteiger partial charge in [0.1, 0.15) is 0 Å². The molecule has 0 unspecified atom stereocenters. The van der Waals surface area contributed by atoms with E-state index in [1.54, 1.807) is 0 Å². The molecule has 3 heteroatoms. The molecular formula is C44H33N3. The lowest BCUT2D eigenvalue weighted by Gasteiger charge is -2.12. The zero-order chi connectivity index (χ0) is 31.7. The third-order valence-corrected chi connectivity index (χ3v) is 8.97. The Hall–Kier alpha value is -6.19. The van der Waals surface area contributed by atoms with Crippen LogP contribution < -0.4 is 5.73 Å². The van der Waals surface area contributed by atoms with Crippen molar-refractivity contribution in [2.45, 2.75) is 6.92 Å². The lowest BCUT2D eigenvalue weighted by molar-refractivity contribution is 1.19. The molecule has 0 saturated carbocycles. The minimum absolute atomic E-state index is 0.753. The van der Waals surface area contributed by atoms with Gasteiger partial charge < -0.3 is 10.3 Å². The number of hydrogen-bond donors (Lipinski definition) is 1. The van der Waals surface area contributed by atoms with E-state index in [-0.39, 0.29) is 0 Å². The van der Waals surface area contributed by atoms with E-state index >= 15 is 0 Å². The maximum absolute atomic E-state index is 6.37. The van der Waals surface area contributed by atoms with Crippen molar-refractivity contribution in [1.82, 2.24) is 9.55 Å². The van der Waals surface area contributed by atoms with Gasteiger partial charge in [-0.25, -0.2) is 0 Å². The Morgan fingerprint density at radius 1 is 0.596 bits per heavy atom. The first kappa shape index (κ1) is 28.3. The monoisotopic (exact) mass is 603 g/mol. The van der Waals surface area contributed by atoms with Gasteiger partial charge in [-0.15, -0.1) is 0 Å². The van der Waals surface area contributed by atoms with Gasteiger partial charge in [-0.3, -0.25) is 4.98 Å². The highest BCUT2D eigenvalue weighted by molar-refractivity contribution is 6.19. The van der Waals surface area contributed by atoms with Crippen LogP contribution in [0.15, 0.2) is 170 Å². The van der Waals surface area contributed by atoms with Crippen LogP contribution in [-0.4, -0.2) is 9.55 Å². The van der Waals surface area contributed by atoms with Gasteiger partial charge in [-0.05, 0) is 93.7 Å². The third kappa shape index (κ3) is 5.18. The molecule has 0 bridgehead atoms. The van der Waals surface area contributed by atoms with Crippen molar-refractivity contribution >= 4 is 38.3 Å². The zero-order valence-corrected chi connectivity index (χ0v) is 26.1. The molecule has 47 heavy (non-hydrogen) atoms. The molecular weight excluding hydrogens is 571 g/mol. The number of allylic oxidation sites excluding steroid dienone is 3. The van der Waals surface area contributed by atoms with E-state index in [1.807, 2.05) is 43.6 Å². The fourth-order valence-electron chi connectivity index (χ4n) is 6.60. The molecule has 6 aromatic carbocycles. The van der Waals surface area contributed by atoms with Crippen LogP contribution in [0.25, 0.3) is 77.3 Å². The average molecular weight is 604 g/mol. The molecule has 0 saturated heterocycles. The first-order valence-corrected chi connectivity index (χ1v) is 15.9. The zero-order valence-electron chi connectivity index (χ0n) is 26.1. The van der Waals surface area contributed by atoms with E-state index in [0.717, 1.165) is 39.2 Å². The Bertz CT molecular complexity index is 2450. The highest BCUT2D eigenvalue weighted by atomic mass is 15.0. The summed E-state index contributed by atoms with van der Waals surface area (Å²) in [6, 6.07) is 50.2. The topological polar surface area (TPSA) is 43.8 Å². The average Bonchev–Trinajstić information content (AvgIpc) is 3.48. The second kappa shape index (κ2) is 12.0. The molecule has 0 radical (unpaired) electrons. The molecule has 224 valence electrons. The summed E-state index contributed by atoms with van der Waals surface area (Å²) in [6.45, 7) is 1.99. The lowest BCUT2D eigenvalue weighted by atomic mass is 9.97. The second-order valence-electron chi connectivity index (χ2n) is 11.8. The number of para-hydroxylation sites is 1. The fraction of sp³-hybridized carbons (Fsp3) is 0.0227. The quantitative estimate of drug-likeness (QED) is 0.192. The molecule has 2 N–H and O–H groups in total. The summed E-state index contributed by atoms with van der Waals surface area (Å²) in [7, 11) is 0. The van der Waals surface area contributed by atoms with Gasteiger partial charge in [-0.1, -0.05) is 115 Å². The number of hydrogen-bond acceptors (Lipinski definition) is 2. The van der Waals surface area contributed by atoms with Crippen molar-refractivity contribution in [2.24, 2.45) is 5.73 Å². The summed E-state index contributed by atoms with van der Waals surface area (Å²) in [4.78, 5) is 4.28. The summed E-state index contributed by atoms with van der Waals surface area (Å²) in [5.41, 5.74) is 18.6. The molecule has 2 aromatic heterocycles. The number of pyridine rings is 1. The van der Waals surface area contributed by atoms with Crippen LogP contribution in [0.4, 0.5) is 0 Å². The van der Waals surface area contributed by atoms with E-state index in [9.17, 15) is 0 Å². The molecule has 8 rings (SSSR count). The maximum Gasteiger partial charge on any atom is 0.0619 e. The molecule has 0 aliphatic heterocycles. The number of benzene rings is 6. The maximum atomic E-state index is 6.37. The number of rotatable bonds is 6. The first-order chi connectivity index (χ1) is 23.2. The number of nitrogens with two attached hydrogens (primary N) is 1. The lowest BCUT2D eigenvalue weighted by Crippen LogP contribution is -1.96. The highest BCUT2D eigenvalue weighted by Gasteiger charge is 2.16. The SMILES string of the molecule is C/C=C\C=C(/N)c1cccc(-c2ccc3c(ccc4c5ccc(-c6ccc(-c7cccnc7)cc6)cc5n(-c5ccccc5)c34)c2)c1. The van der Waals surface area contributed by atoms with E-state index in [0.29, 0.717) is 0 Å². The fourth-order valence-corrected chi connectivity index (χ4v) is 6.60. The Morgan fingerprint density at radius 2 is 1.28 bits per heavy atom. The van der Waals surface area contributed by atoms with Crippen LogP contribution in [-0.2, 0) is 0 Å². The van der Waals surface area contributed by atoms with Crippen LogP contribution in [0, 0.1) is 0 Å². The predicted molar refractivity (Wildman–Crippen MR) is 199 cm³/mol. The standard InChI is InChI=1S/C44H33N3/c1-2-3-14-42(45)36-10-7-9-32(27-36)33-19-22-39-35(26-33)21-24-41-40-23-20-34(28-43(40)47(44(39)41)38-12-5-4-6-13-38)30-15-17-31(18-16-30)37-11-8-25-46-29-37/h2-29H,45H2,1H3/b3-2-,42-14-. The van der Waals surface area contributed by atoms with Crippen molar-refractivity contribution in [1.29, 1.82) is 0 Å². The van der Waals surface area contributed by atoms with Gasteiger partial charge in [0.15, 0.2) is 0 Å². The van der Waals surface area contributed by atoms with E-state index in [2.05, 4.69) is 143 Å². The molecule has 2 heterocycles. The van der Waals surface area contributed by atoms with Gasteiger partial charge >= 0.3 is 0 Å². The van der Waals surface area contributed by atoms with Crippen LogP contribution >= 0.6 is 0 Å². The molecule has 3 nitrogen and oxygen atoms in total. The largest absolute Gasteiger partial charge is 0.398 e. The van der Waals surface area contributed by atoms with E-state index in [1.165, 1.54) is 43.7 Å². The van der Waals surface area contributed by atoms with Gasteiger partial charge in [0.2, 0.25) is 0 Å². The minimum Gasteiger partial charge on any atom is -0.398 e. The molecule has 0 spiro atoms. The second-order valence-corrected chi connectivity index (χ2v) is 11.8. The third-order valence-electron chi connectivity index (χ3n) is 8.97. The summed E-state index contributed by atoms with van der Waals surface area (Å²) >= 11 is 0. The molecule has 0 aliphatic carbocycles. The highest BCUT2D eigenvalue weighted by Crippen LogP contribution is 2.39. The van der Waals surface area contributed by atoms with Crippen molar-refractivity contribution in [3.8, 4) is 39.1 Å². The van der Waals surface area contributed by atoms with Crippen LogP contribution in [0.3, 0.4) is 0 Å². The molecule has 0 atom stereocenters. The van der Waals surface area contributed by atoms with Crippen LogP contribution in [0.1, 0.15) is 12.5 Å². The number of nitrogens with zero attached hydrogens (tertiary/aromatic N) is 2. The molecule has 8 aromatic rings. The number of aromatic nitrogens is 2. The Morgan fingerprint density at radius 3 is 2.04 bits per heavy atom. The van der Waals surface area contributed by atoms with Crippen molar-refractivity contribution < 1.29 is 0 Å². The first-order valence-electron chi connectivity index (χ1n) is 15.9. The van der Waals surface area contributed by atoms with Gasteiger partial charge in [-0.2, -0.15) is 0 Å². The normalized spacial score (nSPS) is 12.1. The summed E-state index contributed by atoms with van der Waals surface area (Å²) < 4.78 is 2.42. The van der Waals surface area contributed by atoms with Gasteiger partial charge in [0, 0.05) is 39.9 Å². The summed E-state index contributed by atoms with van der Waals surface area (Å²) in [6.07, 6.45) is 9.61. The minimum atomic E-state index is 0.753. The van der Waals surface area contributed by atoms with Gasteiger partial charge in [0.25, 0.3) is 0 Å². The van der Waals surface area contributed by atoms with Crippen LogP contribution in [0.5, 0.6) is 0 Å². The van der Waals surface area contributed by atoms with Crippen molar-refractivity contribution in [2.75, 3.05) is 0 Å². The summed E-state index contributed by atoms with van der Waals surface area (Å²) in [5.74, 6) is 0. The molecule has 0 aliphatic rings. The van der Waals surface area contributed by atoms with Crippen molar-refractivity contribution in [3.05, 3.63) is 176 Å². The Kier molecular flexibility index (Phi) is 7.20. The van der Waals surface area contributed by atoms with E-state index < -0.39 is 0 Å². The molecule has 0 fully saturated rings. The van der Waals surface area contributed by atoms with Gasteiger partial charge in [0.05, 0.1) is 11.0 Å². The smallest absolute Gasteiger partial charge is 0.0619 e. The molecule has 0 amide bonds.